The molecule has 21 heteroatoms. The van der Waals surface area contributed by atoms with Crippen LogP contribution in [0.5, 0.6) is 0 Å². The molecule has 5 aliphatic rings. The summed E-state index contributed by atoms with van der Waals surface area (Å²) >= 11 is 0. The van der Waals surface area contributed by atoms with E-state index in [1.165, 1.54) is 42.3 Å². The van der Waals surface area contributed by atoms with E-state index in [0.717, 1.165) is 11.1 Å². The molecule has 0 saturated carbocycles. The highest BCUT2D eigenvalue weighted by Gasteiger charge is 2.59. The summed E-state index contributed by atoms with van der Waals surface area (Å²) in [4.78, 5) is 14.3. The number of hydrogen-bond donors (Lipinski definition) is 8. The first kappa shape index (κ1) is 67.2. The number of carbonyl (C=O) groups is 1. The molecule has 25 atom stereocenters. The third-order valence-electron chi connectivity index (χ3n) is 16.3. The number of carbonyl (C=O) groups excluding carboxylic acids is 1. The fraction of sp³-hybridized carbons (Fsp3) is 0.810. The molecule has 5 aliphatic heterocycles. The Labute approximate surface area is 467 Å². The Kier molecular flexibility index (Phi) is 25.3. The number of ether oxygens (including phenoxy) is 12. The van der Waals surface area contributed by atoms with Crippen LogP contribution in [0.25, 0.3) is 0 Å². The smallest absolute Gasteiger partial charge is 0.334 e. The van der Waals surface area contributed by atoms with Gasteiger partial charge in [-0.05, 0) is 74.3 Å². The summed E-state index contributed by atoms with van der Waals surface area (Å²) < 4.78 is 72.2. The number of hydrogen-bond acceptors (Lipinski definition) is 21. The standard InChI is InChI=1S/C58H96O21/c1-29-17-16-18-40(59)44(69-13)25-41(60)54(78-55(65)33(5)23-31(3)21-30(2)22-32(4)42(20-19-29)76-56-51(64)50(63)52(71-15)37(9)74-56)58(67)35(7)48(61)34(6)43(79-58)24-39(28-68-12)75-47-27-57(11,66)53(38(10)73-47)77-46-26-45(70-14)49(62)36(8)72-46/h17,19-23,32,34-54,56,59-64,66-67H,16,18,24-28H2,1-15H3/b20-19+,29-17+,30-22+,31-21+,33-23+/t32-,34+,35-,36-,37+,38+,39-,40+,41+,42-,43-,44+,45-,46+,47+,48+,49-,50+,51+,52+,53+,54-,56+,57+,58-/m1/s1. The lowest BCUT2D eigenvalue weighted by Gasteiger charge is -2.52. The van der Waals surface area contributed by atoms with Crippen molar-refractivity contribution in [3.05, 3.63) is 58.7 Å². The third kappa shape index (κ3) is 17.3. The summed E-state index contributed by atoms with van der Waals surface area (Å²) in [6.07, 6.45) is -8.51. The quantitative estimate of drug-likeness (QED) is 0.115. The van der Waals surface area contributed by atoms with Gasteiger partial charge in [0, 0.05) is 77.4 Å². The average molecular weight is 1130 g/mol. The molecule has 4 saturated heterocycles. The number of allylic oxidation sites excluding steroid dienone is 7. The maximum absolute atomic E-state index is 14.3. The van der Waals surface area contributed by atoms with Crippen molar-refractivity contribution in [1.29, 1.82) is 0 Å². The van der Waals surface area contributed by atoms with E-state index in [0.29, 0.717) is 12.0 Å². The van der Waals surface area contributed by atoms with Gasteiger partial charge in [0.1, 0.15) is 30.5 Å². The summed E-state index contributed by atoms with van der Waals surface area (Å²) in [6.45, 7) is 19.1. The molecule has 21 nitrogen and oxygen atoms in total. The second-order valence-corrected chi connectivity index (χ2v) is 23.0. The van der Waals surface area contributed by atoms with Gasteiger partial charge in [-0.1, -0.05) is 67.9 Å². The van der Waals surface area contributed by atoms with Gasteiger partial charge < -0.3 is 97.7 Å². The van der Waals surface area contributed by atoms with E-state index in [2.05, 4.69) is 0 Å². The van der Waals surface area contributed by atoms with Gasteiger partial charge in [-0.3, -0.25) is 0 Å². The van der Waals surface area contributed by atoms with Gasteiger partial charge in [0.05, 0.1) is 79.4 Å². The zero-order valence-electron chi connectivity index (χ0n) is 49.1. The molecule has 454 valence electrons. The highest BCUT2D eigenvalue weighted by molar-refractivity contribution is 5.88. The summed E-state index contributed by atoms with van der Waals surface area (Å²) in [5.74, 6) is -5.55. The molecular formula is C58H96O21. The van der Waals surface area contributed by atoms with Crippen LogP contribution in [0, 0.1) is 17.8 Å². The highest BCUT2D eigenvalue weighted by Crippen LogP contribution is 2.44. The van der Waals surface area contributed by atoms with Crippen LogP contribution in [0.2, 0.25) is 0 Å². The monoisotopic (exact) mass is 1130 g/mol. The number of aliphatic hydroxyl groups is 8. The van der Waals surface area contributed by atoms with E-state index >= 15 is 0 Å². The molecule has 5 heterocycles. The molecule has 79 heavy (non-hydrogen) atoms. The maximum atomic E-state index is 14.3. The minimum atomic E-state index is -2.53. The summed E-state index contributed by atoms with van der Waals surface area (Å²) in [6, 6.07) is 0. The second kappa shape index (κ2) is 29.8. The van der Waals surface area contributed by atoms with Crippen molar-refractivity contribution in [2.75, 3.05) is 35.0 Å². The van der Waals surface area contributed by atoms with Crippen LogP contribution in [0.3, 0.4) is 0 Å². The largest absolute Gasteiger partial charge is 0.450 e. The van der Waals surface area contributed by atoms with Crippen molar-refractivity contribution in [3.8, 4) is 0 Å². The Balaban J connectivity index is 1.41. The van der Waals surface area contributed by atoms with Gasteiger partial charge in [0.25, 0.3) is 0 Å². The number of rotatable bonds is 14. The lowest BCUT2D eigenvalue weighted by molar-refractivity contribution is -0.366. The minimum Gasteiger partial charge on any atom is -0.450 e. The molecule has 0 aliphatic carbocycles. The molecule has 0 aromatic carbocycles. The van der Waals surface area contributed by atoms with Gasteiger partial charge in [-0.15, -0.1) is 0 Å². The molecule has 0 aromatic heterocycles. The normalized spacial score (nSPS) is 47.4. The van der Waals surface area contributed by atoms with Crippen LogP contribution >= 0.6 is 0 Å². The van der Waals surface area contributed by atoms with Crippen LogP contribution in [-0.2, 0) is 61.6 Å². The van der Waals surface area contributed by atoms with Gasteiger partial charge in [-0.25, -0.2) is 4.79 Å². The lowest BCUT2D eigenvalue weighted by atomic mass is 9.76. The summed E-state index contributed by atoms with van der Waals surface area (Å²) in [5.41, 5.74) is 0.889. The molecule has 5 rings (SSSR count). The molecular weight excluding hydrogens is 1030 g/mol. The van der Waals surface area contributed by atoms with Crippen molar-refractivity contribution in [2.45, 2.75) is 249 Å². The van der Waals surface area contributed by atoms with Gasteiger partial charge >= 0.3 is 5.97 Å². The Morgan fingerprint density at radius 2 is 1.39 bits per heavy atom. The predicted molar refractivity (Wildman–Crippen MR) is 288 cm³/mol. The average Bonchev–Trinajstić information content (AvgIpc) is 3.41. The molecule has 0 unspecified atom stereocenters. The van der Waals surface area contributed by atoms with E-state index in [1.54, 1.807) is 47.6 Å². The van der Waals surface area contributed by atoms with Gasteiger partial charge in [0.15, 0.2) is 25.0 Å². The van der Waals surface area contributed by atoms with E-state index in [1.807, 2.05) is 51.2 Å². The third-order valence-corrected chi connectivity index (χ3v) is 16.3. The van der Waals surface area contributed by atoms with Crippen LogP contribution in [0.1, 0.15) is 115 Å². The zero-order valence-corrected chi connectivity index (χ0v) is 49.1. The molecule has 4 fully saturated rings. The molecule has 0 amide bonds. The van der Waals surface area contributed by atoms with Gasteiger partial charge in [-0.2, -0.15) is 0 Å². The van der Waals surface area contributed by atoms with Crippen LogP contribution in [0.4, 0.5) is 0 Å². The molecule has 8 N–H and O–H groups in total. The predicted octanol–water partition coefficient (Wildman–Crippen LogP) is 3.59. The Bertz CT molecular complexity index is 2080. The number of cyclic esters (lactones) is 1. The molecule has 0 aromatic rings. The fourth-order valence-corrected chi connectivity index (χ4v) is 11.6. The van der Waals surface area contributed by atoms with Crippen LogP contribution < -0.4 is 0 Å². The van der Waals surface area contributed by atoms with E-state index in [9.17, 15) is 45.6 Å². The molecule has 0 bridgehead atoms. The summed E-state index contributed by atoms with van der Waals surface area (Å²) in [5, 5.41) is 92.8. The van der Waals surface area contributed by atoms with Crippen molar-refractivity contribution in [2.24, 2.45) is 17.8 Å². The number of methoxy groups -OCH3 is 4. The van der Waals surface area contributed by atoms with Crippen LogP contribution in [-0.4, -0.2) is 216 Å². The lowest BCUT2D eigenvalue weighted by Crippen LogP contribution is -2.66. The van der Waals surface area contributed by atoms with E-state index in [4.69, 9.17) is 56.8 Å². The molecule has 0 radical (unpaired) electrons. The maximum Gasteiger partial charge on any atom is 0.334 e. The Morgan fingerprint density at radius 3 is 2.03 bits per heavy atom. The summed E-state index contributed by atoms with van der Waals surface area (Å²) in [7, 11) is 5.79. The van der Waals surface area contributed by atoms with Crippen molar-refractivity contribution in [1.82, 2.24) is 0 Å². The number of esters is 1. The van der Waals surface area contributed by atoms with Crippen LogP contribution in [0.15, 0.2) is 58.7 Å². The number of aliphatic hydroxyl groups excluding tert-OH is 6. The van der Waals surface area contributed by atoms with Crippen molar-refractivity contribution in [3.63, 3.8) is 0 Å². The first-order valence-electron chi connectivity index (χ1n) is 27.9. The molecule has 0 spiro atoms. The van der Waals surface area contributed by atoms with E-state index in [-0.39, 0.29) is 50.2 Å². The zero-order chi connectivity index (χ0) is 58.8. The van der Waals surface area contributed by atoms with E-state index < -0.39 is 152 Å². The Morgan fingerprint density at radius 1 is 0.722 bits per heavy atom. The van der Waals surface area contributed by atoms with Crippen molar-refractivity contribution < 1.29 is 102 Å². The highest BCUT2D eigenvalue weighted by atomic mass is 16.7. The first-order chi connectivity index (χ1) is 37.1. The SMILES string of the molecule is COC[C@@H](C[C@H]1O[C@@](O)([C@@H]2OC(=O)/C(C)=C/C(C)=C/C(C)=C/[C@@H](C)[C@H](O[C@@H]3O[C@@H](C)[C@H](OC)[C@@H](O)[C@@H]3O)/C=C/C(C)=C/CC[C@H](O)[C@@H](OC)C[C@@H]2O)[C@H](C)[C@@H](O)[C@H]1C)O[C@H]1C[C@](C)(O)[C@@H](O[C@H]2C[C@@H](OC)[C@H](O)[C@@H](C)O2)[C@H](C)O1. The fourth-order valence-electron chi connectivity index (χ4n) is 11.6. The van der Waals surface area contributed by atoms with Crippen molar-refractivity contribution >= 4 is 5.97 Å². The second-order valence-electron chi connectivity index (χ2n) is 23.0. The van der Waals surface area contributed by atoms with Gasteiger partial charge in [0.2, 0.25) is 5.79 Å². The minimum absolute atomic E-state index is 0.000680. The Hall–Kier alpha value is -2.59. The topological polar surface area (TPSA) is 290 Å². The first-order valence-corrected chi connectivity index (χ1v) is 27.9.